The van der Waals surface area contributed by atoms with Gasteiger partial charge in [0, 0.05) is 17.6 Å². The van der Waals surface area contributed by atoms with Crippen LogP contribution in [0.25, 0.3) is 11.1 Å². The molecule has 0 radical (unpaired) electrons. The number of phenolic OH excluding ortho intramolecular Hbond substituents is 2. The fourth-order valence-corrected chi connectivity index (χ4v) is 4.44. The Bertz CT molecular complexity index is 753. The molecule has 4 rings (SSSR count). The Morgan fingerprint density at radius 2 is 1.95 bits per heavy atom. The molecule has 2 aliphatic rings. The molecule has 3 heteroatoms. The van der Waals surface area contributed by atoms with Gasteiger partial charge in [0.1, 0.15) is 0 Å². The second kappa shape index (κ2) is 4.75. The molecular weight excluding hydrogens is 274 g/mol. The smallest absolute Gasteiger partial charge is 0.165 e. The van der Waals surface area contributed by atoms with E-state index in [1.54, 1.807) is 6.07 Å². The van der Waals surface area contributed by atoms with E-state index in [0.29, 0.717) is 12.1 Å². The van der Waals surface area contributed by atoms with Crippen molar-refractivity contribution in [2.75, 3.05) is 6.54 Å². The van der Waals surface area contributed by atoms with Crippen molar-refractivity contribution in [3.05, 3.63) is 47.0 Å². The van der Waals surface area contributed by atoms with Gasteiger partial charge < -0.3 is 10.2 Å². The molecular formula is C19H21NO2. The molecule has 1 heterocycles. The van der Waals surface area contributed by atoms with Crippen LogP contribution < -0.4 is 0 Å². The molecule has 0 aromatic heterocycles. The maximum Gasteiger partial charge on any atom is 0.165 e. The van der Waals surface area contributed by atoms with Crippen molar-refractivity contribution in [3.63, 3.8) is 0 Å². The van der Waals surface area contributed by atoms with Crippen LogP contribution in [0.2, 0.25) is 0 Å². The largest absolute Gasteiger partial charge is 0.504 e. The third kappa shape index (κ3) is 1.60. The van der Waals surface area contributed by atoms with E-state index in [-0.39, 0.29) is 11.5 Å². The summed E-state index contributed by atoms with van der Waals surface area (Å²) in [6.07, 6.45) is 1.99. The van der Waals surface area contributed by atoms with E-state index in [1.807, 2.05) is 6.07 Å². The standard InChI is InChI=1S/C19H21NO2/c1-3-14-12-6-5-7-13-17-11(8-9-16(21)19(17)22)10-15(18(12)13)20(14)4-2/h5-9,14-15,21-22H,3-4,10H2,1-2H3/t14-,15+/m0/s1. The molecule has 1 aliphatic heterocycles. The number of hydrogen-bond donors (Lipinski definition) is 2. The minimum Gasteiger partial charge on any atom is -0.504 e. The molecule has 1 aliphatic carbocycles. The van der Waals surface area contributed by atoms with Crippen molar-refractivity contribution in [3.8, 4) is 22.6 Å². The molecule has 0 bridgehead atoms. The molecule has 2 atom stereocenters. The molecule has 0 saturated carbocycles. The third-order valence-electron chi connectivity index (χ3n) is 5.31. The van der Waals surface area contributed by atoms with Gasteiger partial charge in [0.25, 0.3) is 0 Å². The average molecular weight is 295 g/mol. The number of phenols is 2. The minimum atomic E-state index is -0.0350. The second-order valence-corrected chi connectivity index (χ2v) is 6.25. The van der Waals surface area contributed by atoms with Gasteiger partial charge in [-0.2, -0.15) is 0 Å². The highest BCUT2D eigenvalue weighted by Crippen LogP contribution is 2.55. The highest BCUT2D eigenvalue weighted by Gasteiger charge is 2.41. The number of aromatic hydroxyl groups is 2. The Morgan fingerprint density at radius 1 is 1.14 bits per heavy atom. The average Bonchev–Trinajstić information content (AvgIpc) is 2.85. The second-order valence-electron chi connectivity index (χ2n) is 6.25. The van der Waals surface area contributed by atoms with E-state index in [2.05, 4.69) is 36.9 Å². The lowest BCUT2D eigenvalue weighted by atomic mass is 9.81. The molecule has 0 saturated heterocycles. The Balaban J connectivity index is 2.01. The van der Waals surface area contributed by atoms with E-state index in [4.69, 9.17) is 0 Å². The number of benzene rings is 2. The van der Waals surface area contributed by atoms with Crippen LogP contribution in [0.5, 0.6) is 11.5 Å². The summed E-state index contributed by atoms with van der Waals surface area (Å²) in [7, 11) is 0. The maximum absolute atomic E-state index is 10.4. The SMILES string of the molecule is CC[C@H]1c2cccc3c2[C@@H](Cc2ccc(O)c(O)c2-3)N1CC. The Hall–Kier alpha value is -2.00. The number of nitrogens with zero attached hydrogens (tertiary/aromatic N) is 1. The number of likely N-dealkylation sites (N-methyl/N-ethyl adjacent to an activating group) is 1. The Kier molecular flexibility index (Phi) is 2.95. The molecule has 114 valence electrons. The first-order valence-corrected chi connectivity index (χ1v) is 8.10. The van der Waals surface area contributed by atoms with Crippen LogP contribution in [-0.4, -0.2) is 21.7 Å². The molecule has 2 aromatic carbocycles. The zero-order chi connectivity index (χ0) is 15.4. The summed E-state index contributed by atoms with van der Waals surface area (Å²) in [4.78, 5) is 2.57. The van der Waals surface area contributed by atoms with E-state index >= 15 is 0 Å². The highest BCUT2D eigenvalue weighted by atomic mass is 16.3. The first-order chi connectivity index (χ1) is 10.7. The first kappa shape index (κ1) is 13.6. The van der Waals surface area contributed by atoms with Gasteiger partial charge in [0.15, 0.2) is 11.5 Å². The van der Waals surface area contributed by atoms with Gasteiger partial charge in [-0.05, 0) is 47.7 Å². The zero-order valence-corrected chi connectivity index (χ0v) is 13.0. The predicted octanol–water partition coefficient (Wildman–Crippen LogP) is 4.15. The van der Waals surface area contributed by atoms with E-state index < -0.39 is 0 Å². The van der Waals surface area contributed by atoms with Crippen LogP contribution in [0, 0.1) is 0 Å². The van der Waals surface area contributed by atoms with Gasteiger partial charge in [-0.1, -0.05) is 38.1 Å². The van der Waals surface area contributed by atoms with Crippen molar-refractivity contribution in [2.24, 2.45) is 0 Å². The van der Waals surface area contributed by atoms with Crippen molar-refractivity contribution in [1.82, 2.24) is 4.90 Å². The molecule has 0 unspecified atom stereocenters. The summed E-state index contributed by atoms with van der Waals surface area (Å²) in [5.41, 5.74) is 5.78. The fourth-order valence-electron chi connectivity index (χ4n) is 4.44. The summed E-state index contributed by atoms with van der Waals surface area (Å²) >= 11 is 0. The van der Waals surface area contributed by atoms with Gasteiger partial charge in [0.2, 0.25) is 0 Å². The first-order valence-electron chi connectivity index (χ1n) is 8.10. The predicted molar refractivity (Wildman–Crippen MR) is 87.1 cm³/mol. The van der Waals surface area contributed by atoms with Crippen LogP contribution >= 0.6 is 0 Å². The monoisotopic (exact) mass is 295 g/mol. The van der Waals surface area contributed by atoms with Gasteiger partial charge in [0.05, 0.1) is 0 Å². The van der Waals surface area contributed by atoms with Crippen LogP contribution in [-0.2, 0) is 6.42 Å². The molecule has 22 heavy (non-hydrogen) atoms. The van der Waals surface area contributed by atoms with E-state index in [1.165, 1.54) is 11.1 Å². The summed E-state index contributed by atoms with van der Waals surface area (Å²) in [6.45, 7) is 5.48. The summed E-state index contributed by atoms with van der Waals surface area (Å²) < 4.78 is 0. The Labute approximate surface area is 130 Å². The summed E-state index contributed by atoms with van der Waals surface area (Å²) in [5, 5.41) is 20.3. The van der Waals surface area contributed by atoms with Crippen LogP contribution in [0.1, 0.15) is 49.0 Å². The molecule has 0 fully saturated rings. The molecule has 0 spiro atoms. The summed E-state index contributed by atoms with van der Waals surface area (Å²) in [6, 6.07) is 10.8. The van der Waals surface area contributed by atoms with Gasteiger partial charge >= 0.3 is 0 Å². The molecule has 3 nitrogen and oxygen atoms in total. The van der Waals surface area contributed by atoms with Gasteiger partial charge in [-0.25, -0.2) is 0 Å². The lowest BCUT2D eigenvalue weighted by molar-refractivity contribution is 0.165. The fraction of sp³-hybridized carbons (Fsp3) is 0.368. The Morgan fingerprint density at radius 3 is 2.68 bits per heavy atom. The van der Waals surface area contributed by atoms with Crippen LogP contribution in [0.3, 0.4) is 0 Å². The van der Waals surface area contributed by atoms with E-state index in [9.17, 15) is 10.2 Å². The van der Waals surface area contributed by atoms with E-state index in [0.717, 1.165) is 36.1 Å². The highest BCUT2D eigenvalue weighted by molar-refractivity contribution is 5.82. The maximum atomic E-state index is 10.4. The number of fused-ring (bicyclic) bond motifs is 2. The number of rotatable bonds is 2. The van der Waals surface area contributed by atoms with Gasteiger partial charge in [-0.3, -0.25) is 4.90 Å². The van der Waals surface area contributed by atoms with Crippen molar-refractivity contribution in [2.45, 2.75) is 38.8 Å². The normalized spacial score (nSPS) is 22.5. The van der Waals surface area contributed by atoms with Crippen molar-refractivity contribution >= 4 is 0 Å². The van der Waals surface area contributed by atoms with Crippen molar-refractivity contribution < 1.29 is 10.2 Å². The topological polar surface area (TPSA) is 43.7 Å². The van der Waals surface area contributed by atoms with Crippen molar-refractivity contribution in [1.29, 1.82) is 0 Å². The third-order valence-corrected chi connectivity index (χ3v) is 5.31. The van der Waals surface area contributed by atoms with Gasteiger partial charge in [-0.15, -0.1) is 0 Å². The molecule has 0 amide bonds. The zero-order valence-electron chi connectivity index (χ0n) is 13.0. The minimum absolute atomic E-state index is 0.0207. The van der Waals surface area contributed by atoms with Crippen LogP contribution in [0.4, 0.5) is 0 Å². The van der Waals surface area contributed by atoms with Crippen LogP contribution in [0.15, 0.2) is 30.3 Å². The lowest BCUT2D eigenvalue weighted by Crippen LogP contribution is -2.28. The molecule has 2 aromatic rings. The quantitative estimate of drug-likeness (QED) is 0.818. The summed E-state index contributed by atoms with van der Waals surface area (Å²) in [5.74, 6) is -0.0143. The lowest BCUT2D eigenvalue weighted by Gasteiger charge is -2.32. The molecule has 2 N–H and O–H groups in total. The number of hydrogen-bond acceptors (Lipinski definition) is 3.